The van der Waals surface area contributed by atoms with Crippen LogP contribution in [-0.2, 0) is 11.2 Å². The average Bonchev–Trinajstić information content (AvgIpc) is 3.18. The fourth-order valence-corrected chi connectivity index (χ4v) is 3.23. The first-order valence-electron chi connectivity index (χ1n) is 8.51. The summed E-state index contributed by atoms with van der Waals surface area (Å²) in [6, 6.07) is 16.8. The van der Waals surface area contributed by atoms with Crippen molar-refractivity contribution in [2.45, 2.75) is 13.3 Å². The number of carbonyl (C=O) groups excluding carboxylic acids is 2. The molecule has 6 heteroatoms. The Morgan fingerprint density at radius 2 is 1.70 bits per heavy atom. The Kier molecular flexibility index (Phi) is 5.98. The van der Waals surface area contributed by atoms with Crippen LogP contribution in [0.2, 0.25) is 0 Å². The Morgan fingerprint density at radius 1 is 1.00 bits per heavy atom. The molecular formula is C21H19FN2O2S. The van der Waals surface area contributed by atoms with E-state index in [0.717, 1.165) is 5.56 Å². The van der Waals surface area contributed by atoms with E-state index in [1.807, 2.05) is 11.4 Å². The molecule has 0 fully saturated rings. The Morgan fingerprint density at radius 3 is 2.33 bits per heavy atom. The molecule has 1 aromatic heterocycles. The Hall–Kier alpha value is -2.99. The molecular weight excluding hydrogens is 363 g/mol. The van der Waals surface area contributed by atoms with Crippen LogP contribution in [0.1, 0.15) is 22.2 Å². The summed E-state index contributed by atoms with van der Waals surface area (Å²) < 4.78 is 13.3. The van der Waals surface area contributed by atoms with Crippen molar-refractivity contribution in [1.29, 1.82) is 0 Å². The minimum atomic E-state index is -0.305. The normalized spacial score (nSPS) is 11.6. The average molecular weight is 382 g/mol. The maximum Gasteiger partial charge on any atom is 0.265 e. The molecule has 1 heterocycles. The molecule has 2 amide bonds. The standard InChI is InChI=1S/C21H19FN2O2S/c1-14(12-15-4-2-5-16(22)13-15)20(25)23-17-7-9-18(10-8-17)24-21(26)19-6-3-11-27-19/h2-11,13-14H,12H2,1H3,(H,23,25)(H,24,26). The number of carbonyl (C=O) groups is 2. The highest BCUT2D eigenvalue weighted by atomic mass is 32.1. The summed E-state index contributed by atoms with van der Waals surface area (Å²) in [5.74, 6) is -0.912. The third-order valence-corrected chi connectivity index (χ3v) is 4.90. The second-order valence-electron chi connectivity index (χ2n) is 6.23. The highest BCUT2D eigenvalue weighted by molar-refractivity contribution is 7.12. The summed E-state index contributed by atoms with van der Waals surface area (Å²) in [5.41, 5.74) is 2.07. The Bertz CT molecular complexity index is 924. The van der Waals surface area contributed by atoms with Crippen LogP contribution in [-0.4, -0.2) is 11.8 Å². The van der Waals surface area contributed by atoms with Crippen LogP contribution >= 0.6 is 11.3 Å². The largest absolute Gasteiger partial charge is 0.326 e. The smallest absolute Gasteiger partial charge is 0.265 e. The van der Waals surface area contributed by atoms with Crippen LogP contribution < -0.4 is 10.6 Å². The number of rotatable bonds is 6. The van der Waals surface area contributed by atoms with Crippen LogP contribution in [0.15, 0.2) is 66.0 Å². The van der Waals surface area contributed by atoms with Crippen LogP contribution in [0.4, 0.5) is 15.8 Å². The Balaban J connectivity index is 1.55. The number of thiophene rings is 1. The van der Waals surface area contributed by atoms with Gasteiger partial charge in [-0.15, -0.1) is 11.3 Å². The molecule has 3 aromatic rings. The van der Waals surface area contributed by atoms with Gasteiger partial charge in [0.15, 0.2) is 0 Å². The molecule has 1 unspecified atom stereocenters. The Labute approximate surface area is 161 Å². The van der Waals surface area contributed by atoms with Crippen LogP contribution in [0.5, 0.6) is 0 Å². The molecule has 0 aliphatic carbocycles. The highest BCUT2D eigenvalue weighted by Crippen LogP contribution is 2.18. The molecule has 0 radical (unpaired) electrons. The quantitative estimate of drug-likeness (QED) is 0.633. The fraction of sp³-hybridized carbons (Fsp3) is 0.143. The molecule has 0 spiro atoms. The third-order valence-electron chi connectivity index (χ3n) is 4.03. The van der Waals surface area contributed by atoms with E-state index >= 15 is 0 Å². The lowest BCUT2D eigenvalue weighted by molar-refractivity contribution is -0.119. The molecule has 0 saturated heterocycles. The van der Waals surface area contributed by atoms with Crippen molar-refractivity contribution in [3.05, 3.63) is 82.3 Å². The molecule has 2 aromatic carbocycles. The van der Waals surface area contributed by atoms with Gasteiger partial charge >= 0.3 is 0 Å². The van der Waals surface area contributed by atoms with Crippen LogP contribution in [0, 0.1) is 11.7 Å². The first-order valence-corrected chi connectivity index (χ1v) is 9.39. The zero-order valence-electron chi connectivity index (χ0n) is 14.7. The van der Waals surface area contributed by atoms with Crippen molar-refractivity contribution in [3.8, 4) is 0 Å². The number of hydrogen-bond donors (Lipinski definition) is 2. The van der Waals surface area contributed by atoms with Gasteiger partial charge in [-0.25, -0.2) is 4.39 Å². The molecule has 3 rings (SSSR count). The molecule has 0 saturated carbocycles. The van der Waals surface area contributed by atoms with E-state index in [-0.39, 0.29) is 23.5 Å². The predicted molar refractivity (Wildman–Crippen MR) is 107 cm³/mol. The summed E-state index contributed by atoms with van der Waals surface area (Å²) in [6.45, 7) is 1.80. The molecule has 27 heavy (non-hydrogen) atoms. The maximum atomic E-state index is 13.3. The van der Waals surface area contributed by atoms with E-state index in [1.54, 1.807) is 49.4 Å². The number of nitrogens with one attached hydrogen (secondary N) is 2. The lowest BCUT2D eigenvalue weighted by atomic mass is 10.0. The molecule has 0 aliphatic rings. The zero-order valence-corrected chi connectivity index (χ0v) is 15.6. The summed E-state index contributed by atoms with van der Waals surface area (Å²) >= 11 is 1.37. The van der Waals surface area contributed by atoms with Gasteiger partial charge in [-0.3, -0.25) is 9.59 Å². The van der Waals surface area contributed by atoms with Gasteiger partial charge in [-0.05, 0) is 59.8 Å². The summed E-state index contributed by atoms with van der Waals surface area (Å²) in [6.07, 6.45) is 0.457. The lowest BCUT2D eigenvalue weighted by Gasteiger charge is -2.13. The van der Waals surface area contributed by atoms with Crippen molar-refractivity contribution < 1.29 is 14.0 Å². The van der Waals surface area contributed by atoms with E-state index in [1.165, 1.54) is 23.5 Å². The van der Waals surface area contributed by atoms with Gasteiger partial charge in [-0.1, -0.05) is 25.1 Å². The molecule has 4 nitrogen and oxygen atoms in total. The first-order chi connectivity index (χ1) is 13.0. The molecule has 0 aliphatic heterocycles. The van der Waals surface area contributed by atoms with Gasteiger partial charge in [0.2, 0.25) is 5.91 Å². The number of anilines is 2. The van der Waals surface area contributed by atoms with E-state index in [0.29, 0.717) is 22.7 Å². The zero-order chi connectivity index (χ0) is 19.2. The van der Waals surface area contributed by atoms with E-state index in [4.69, 9.17) is 0 Å². The molecule has 1 atom stereocenters. The summed E-state index contributed by atoms with van der Waals surface area (Å²) in [5, 5.41) is 7.50. The second kappa shape index (κ2) is 8.60. The predicted octanol–water partition coefficient (Wildman–Crippen LogP) is 4.96. The minimum absolute atomic E-state index is 0.144. The van der Waals surface area contributed by atoms with Gasteiger partial charge in [0, 0.05) is 17.3 Å². The summed E-state index contributed by atoms with van der Waals surface area (Å²) in [7, 11) is 0. The monoisotopic (exact) mass is 382 g/mol. The van der Waals surface area contributed by atoms with Crippen molar-refractivity contribution in [2.24, 2.45) is 5.92 Å². The fourth-order valence-electron chi connectivity index (χ4n) is 2.61. The number of benzene rings is 2. The second-order valence-corrected chi connectivity index (χ2v) is 7.18. The van der Waals surface area contributed by atoms with Crippen molar-refractivity contribution in [3.63, 3.8) is 0 Å². The van der Waals surface area contributed by atoms with E-state index in [2.05, 4.69) is 10.6 Å². The van der Waals surface area contributed by atoms with Gasteiger partial charge in [0.1, 0.15) is 5.82 Å². The third kappa shape index (κ3) is 5.24. The first kappa shape index (κ1) is 18.8. The number of hydrogen-bond acceptors (Lipinski definition) is 3. The van der Waals surface area contributed by atoms with Crippen LogP contribution in [0.3, 0.4) is 0 Å². The van der Waals surface area contributed by atoms with E-state index in [9.17, 15) is 14.0 Å². The van der Waals surface area contributed by atoms with Gasteiger partial charge < -0.3 is 10.6 Å². The van der Waals surface area contributed by atoms with Crippen LogP contribution in [0.25, 0.3) is 0 Å². The van der Waals surface area contributed by atoms with E-state index < -0.39 is 0 Å². The lowest BCUT2D eigenvalue weighted by Crippen LogP contribution is -2.22. The minimum Gasteiger partial charge on any atom is -0.326 e. The molecule has 2 N–H and O–H groups in total. The number of amides is 2. The van der Waals surface area contributed by atoms with Crippen molar-refractivity contribution in [1.82, 2.24) is 0 Å². The van der Waals surface area contributed by atoms with Gasteiger partial charge in [0.05, 0.1) is 4.88 Å². The highest BCUT2D eigenvalue weighted by Gasteiger charge is 2.14. The van der Waals surface area contributed by atoms with Gasteiger partial charge in [-0.2, -0.15) is 0 Å². The SMILES string of the molecule is CC(Cc1cccc(F)c1)C(=O)Nc1ccc(NC(=O)c2cccs2)cc1. The maximum absolute atomic E-state index is 13.3. The molecule has 0 bridgehead atoms. The number of halogens is 1. The van der Waals surface area contributed by atoms with Crippen molar-refractivity contribution >= 4 is 34.5 Å². The van der Waals surface area contributed by atoms with Gasteiger partial charge in [0.25, 0.3) is 5.91 Å². The molecule has 138 valence electrons. The van der Waals surface area contributed by atoms with Crippen molar-refractivity contribution in [2.75, 3.05) is 10.6 Å². The topological polar surface area (TPSA) is 58.2 Å². The summed E-state index contributed by atoms with van der Waals surface area (Å²) in [4.78, 5) is 25.0.